The molecule has 6 nitrogen and oxygen atoms in total. The molecule has 0 radical (unpaired) electrons. The highest BCUT2D eigenvalue weighted by molar-refractivity contribution is 9.10. The van der Waals surface area contributed by atoms with Crippen molar-refractivity contribution in [1.82, 2.24) is 5.01 Å². The molecule has 6 rings (SSSR count). The number of imide groups is 1. The fraction of sp³-hybridized carbons (Fsp3) is 0.346. The van der Waals surface area contributed by atoms with Crippen molar-refractivity contribution in [2.75, 3.05) is 6.61 Å². The van der Waals surface area contributed by atoms with E-state index in [2.05, 4.69) is 33.2 Å². The summed E-state index contributed by atoms with van der Waals surface area (Å²) < 4.78 is 12.5. The SMILES string of the molecule is CCOc1cc(C=NN2C(=O)[C@@H]3[C@@H](C2=O)[C@H]2C=C[C@H]3CC2)cc(Br)c1OCc1ccc(Cl)cc1Cl. The molecule has 1 saturated heterocycles. The number of hydrazone groups is 1. The van der Waals surface area contributed by atoms with Gasteiger partial charge in [-0.3, -0.25) is 9.59 Å². The molecule has 2 aromatic carbocycles. The molecule has 2 amide bonds. The molecule has 4 aliphatic rings. The van der Waals surface area contributed by atoms with Gasteiger partial charge in [-0.15, -0.1) is 0 Å². The first kappa shape index (κ1) is 24.3. The second kappa shape index (κ2) is 9.96. The molecule has 0 aromatic heterocycles. The van der Waals surface area contributed by atoms with Gasteiger partial charge in [-0.1, -0.05) is 41.4 Å². The summed E-state index contributed by atoms with van der Waals surface area (Å²) >= 11 is 15.8. The Morgan fingerprint density at radius 2 is 1.74 bits per heavy atom. The van der Waals surface area contributed by atoms with Crippen molar-refractivity contribution in [3.63, 3.8) is 0 Å². The topological polar surface area (TPSA) is 68.2 Å². The van der Waals surface area contributed by atoms with Crippen LogP contribution in [0, 0.1) is 23.7 Å². The van der Waals surface area contributed by atoms with Crippen molar-refractivity contribution in [2.45, 2.75) is 26.4 Å². The summed E-state index contributed by atoms with van der Waals surface area (Å²) in [6.45, 7) is 2.52. The first-order chi connectivity index (χ1) is 16.9. The molecule has 182 valence electrons. The Balaban J connectivity index is 1.36. The Hall–Kier alpha value is -2.35. The first-order valence-electron chi connectivity index (χ1n) is 11.5. The molecule has 4 atom stereocenters. The van der Waals surface area contributed by atoms with E-state index in [-0.39, 0.29) is 42.1 Å². The third-order valence-corrected chi connectivity index (χ3v) is 7.95. The zero-order chi connectivity index (χ0) is 24.7. The second-order valence-electron chi connectivity index (χ2n) is 8.86. The Bertz CT molecular complexity index is 1220. The van der Waals surface area contributed by atoms with Gasteiger partial charge >= 0.3 is 0 Å². The highest BCUT2D eigenvalue weighted by Crippen LogP contribution is 2.49. The predicted octanol–water partition coefficient (Wildman–Crippen LogP) is 6.26. The maximum absolute atomic E-state index is 13.0. The minimum atomic E-state index is -0.287. The number of hydrogen-bond acceptors (Lipinski definition) is 5. The molecule has 3 aliphatic carbocycles. The monoisotopic (exact) mass is 576 g/mol. The van der Waals surface area contributed by atoms with E-state index >= 15 is 0 Å². The van der Waals surface area contributed by atoms with E-state index in [9.17, 15) is 9.59 Å². The fourth-order valence-corrected chi connectivity index (χ4v) is 6.19. The number of halogens is 3. The van der Waals surface area contributed by atoms with Gasteiger partial charge in [0.05, 0.1) is 29.1 Å². The van der Waals surface area contributed by atoms with Crippen LogP contribution in [0.3, 0.4) is 0 Å². The first-order valence-corrected chi connectivity index (χ1v) is 13.1. The smallest absolute Gasteiger partial charge is 0.254 e. The van der Waals surface area contributed by atoms with Crippen molar-refractivity contribution in [1.29, 1.82) is 0 Å². The standard InChI is InChI=1S/C26H23BrCl2N2O4/c1-2-34-21-10-14(9-19(27)24(21)35-13-17-7-8-18(28)11-20(17)29)12-30-31-25(32)22-15-3-4-16(6-5-15)23(22)26(31)33/h3-4,7-12,15-16,22-23H,2,5-6,13H2,1H3/t15-,16-,22-,23-/m0/s1. The number of fused-ring (bicyclic) bond motifs is 1. The number of nitrogens with zero attached hydrogens (tertiary/aromatic N) is 2. The van der Waals surface area contributed by atoms with Crippen LogP contribution in [0.1, 0.15) is 30.9 Å². The summed E-state index contributed by atoms with van der Waals surface area (Å²) in [7, 11) is 0. The van der Waals surface area contributed by atoms with Gasteiger partial charge in [-0.05, 0) is 77.4 Å². The number of rotatable bonds is 7. The zero-order valence-electron chi connectivity index (χ0n) is 18.9. The molecule has 2 fully saturated rings. The van der Waals surface area contributed by atoms with Crippen LogP contribution >= 0.6 is 39.1 Å². The van der Waals surface area contributed by atoms with Gasteiger partial charge in [0.15, 0.2) is 11.5 Å². The van der Waals surface area contributed by atoms with Crippen LogP contribution in [0.4, 0.5) is 0 Å². The molecule has 0 N–H and O–H groups in total. The van der Waals surface area contributed by atoms with Gasteiger partial charge in [0, 0.05) is 15.6 Å². The van der Waals surface area contributed by atoms with Gasteiger partial charge in [0.2, 0.25) is 0 Å². The van der Waals surface area contributed by atoms with E-state index in [1.807, 2.05) is 13.0 Å². The van der Waals surface area contributed by atoms with Crippen molar-refractivity contribution in [3.8, 4) is 11.5 Å². The van der Waals surface area contributed by atoms with Gasteiger partial charge < -0.3 is 9.47 Å². The Labute approximate surface area is 222 Å². The highest BCUT2D eigenvalue weighted by Gasteiger charge is 2.56. The van der Waals surface area contributed by atoms with Crippen LogP contribution in [0.5, 0.6) is 11.5 Å². The van der Waals surface area contributed by atoms with E-state index in [4.69, 9.17) is 32.7 Å². The van der Waals surface area contributed by atoms with Crippen LogP contribution in [-0.4, -0.2) is 29.6 Å². The quantitative estimate of drug-likeness (QED) is 0.221. The summed E-state index contributed by atoms with van der Waals surface area (Å²) in [6, 6.07) is 8.79. The number of carbonyl (C=O) groups excluding carboxylic acids is 2. The number of carbonyl (C=O) groups is 2. The molecule has 1 heterocycles. The van der Waals surface area contributed by atoms with Crippen LogP contribution in [-0.2, 0) is 16.2 Å². The number of benzene rings is 2. The summed E-state index contributed by atoms with van der Waals surface area (Å²) in [5, 5.41) is 6.41. The zero-order valence-corrected chi connectivity index (χ0v) is 22.0. The van der Waals surface area contributed by atoms with Crippen LogP contribution in [0.25, 0.3) is 0 Å². The van der Waals surface area contributed by atoms with Crippen molar-refractivity contribution >= 4 is 57.2 Å². The van der Waals surface area contributed by atoms with Crippen molar-refractivity contribution in [3.05, 3.63) is 68.1 Å². The van der Waals surface area contributed by atoms with E-state index in [1.165, 1.54) is 6.21 Å². The van der Waals surface area contributed by atoms with Gasteiger partial charge in [0.25, 0.3) is 11.8 Å². The van der Waals surface area contributed by atoms with Crippen LogP contribution < -0.4 is 9.47 Å². The number of allylic oxidation sites excluding steroid dienone is 2. The molecular formula is C26H23BrCl2N2O4. The Kier molecular flexibility index (Phi) is 6.93. The average molecular weight is 578 g/mol. The molecule has 2 bridgehead atoms. The molecule has 35 heavy (non-hydrogen) atoms. The maximum Gasteiger partial charge on any atom is 0.254 e. The molecule has 1 aliphatic heterocycles. The summed E-state index contributed by atoms with van der Waals surface area (Å²) in [6.07, 6.45) is 7.60. The fourth-order valence-electron chi connectivity index (χ4n) is 5.15. The lowest BCUT2D eigenvalue weighted by Crippen LogP contribution is -2.38. The molecule has 1 saturated carbocycles. The third kappa shape index (κ3) is 4.61. The Morgan fingerprint density at radius 1 is 1.06 bits per heavy atom. The Morgan fingerprint density at radius 3 is 2.34 bits per heavy atom. The number of ether oxygens (including phenoxy) is 2. The van der Waals surface area contributed by atoms with Crippen molar-refractivity contribution in [2.24, 2.45) is 28.8 Å². The molecule has 0 spiro atoms. The van der Waals surface area contributed by atoms with Gasteiger partial charge in [0.1, 0.15) is 6.61 Å². The van der Waals surface area contributed by atoms with Crippen molar-refractivity contribution < 1.29 is 19.1 Å². The minimum absolute atomic E-state index is 0.130. The largest absolute Gasteiger partial charge is 0.490 e. The minimum Gasteiger partial charge on any atom is -0.490 e. The van der Waals surface area contributed by atoms with Gasteiger partial charge in [-0.25, -0.2) is 0 Å². The van der Waals surface area contributed by atoms with E-state index in [0.717, 1.165) is 23.4 Å². The summed E-state index contributed by atoms with van der Waals surface area (Å²) in [4.78, 5) is 26.0. The van der Waals surface area contributed by atoms with E-state index in [1.54, 1.807) is 24.3 Å². The van der Waals surface area contributed by atoms with E-state index < -0.39 is 0 Å². The normalized spacial score (nSPS) is 25.0. The lowest BCUT2D eigenvalue weighted by Gasteiger charge is -2.37. The lowest BCUT2D eigenvalue weighted by atomic mass is 9.63. The second-order valence-corrected chi connectivity index (χ2v) is 10.6. The third-order valence-electron chi connectivity index (χ3n) is 6.78. The molecule has 0 unspecified atom stereocenters. The molecule has 9 heteroatoms. The lowest BCUT2D eigenvalue weighted by molar-refractivity contribution is -0.140. The summed E-state index contributed by atoms with van der Waals surface area (Å²) in [5.74, 6) is 0.282. The predicted molar refractivity (Wildman–Crippen MR) is 138 cm³/mol. The summed E-state index contributed by atoms with van der Waals surface area (Å²) in [5.41, 5.74) is 1.45. The highest BCUT2D eigenvalue weighted by atomic mass is 79.9. The average Bonchev–Trinajstić information content (AvgIpc) is 3.11. The number of amides is 2. The molecular weight excluding hydrogens is 555 g/mol. The van der Waals surface area contributed by atoms with Gasteiger partial charge in [-0.2, -0.15) is 10.1 Å². The maximum atomic E-state index is 13.0. The van der Waals surface area contributed by atoms with Crippen LogP contribution in [0.15, 0.2) is 52.1 Å². The van der Waals surface area contributed by atoms with E-state index in [0.29, 0.717) is 38.2 Å². The molecule has 2 aromatic rings. The van der Waals surface area contributed by atoms with Crippen LogP contribution in [0.2, 0.25) is 10.0 Å². The number of hydrogen-bond donors (Lipinski definition) is 0.